The third-order valence-electron chi connectivity index (χ3n) is 8.41. The summed E-state index contributed by atoms with van der Waals surface area (Å²) in [6.45, 7) is 3.60. The molecule has 10 nitrogen and oxygen atoms in total. The Morgan fingerprint density at radius 1 is 1.00 bits per heavy atom. The van der Waals surface area contributed by atoms with Gasteiger partial charge in [0.2, 0.25) is 0 Å². The molecule has 0 bridgehead atoms. The van der Waals surface area contributed by atoms with E-state index in [0.29, 0.717) is 18.6 Å². The molecule has 1 saturated carbocycles. The molecule has 2 fully saturated rings. The van der Waals surface area contributed by atoms with Crippen molar-refractivity contribution in [1.82, 2.24) is 10.2 Å². The number of carbonyl (C=O) groups is 5. The van der Waals surface area contributed by atoms with Crippen molar-refractivity contribution in [2.75, 3.05) is 38.0 Å². The fourth-order valence-electron chi connectivity index (χ4n) is 5.66. The van der Waals surface area contributed by atoms with Crippen LogP contribution in [-0.2, 0) is 28.7 Å². The second-order valence-electron chi connectivity index (χ2n) is 11.6. The minimum absolute atomic E-state index is 0.117. The number of nitrogens with zero attached hydrogens (tertiary/aromatic N) is 1. The molecule has 2 amide bonds. The molecule has 2 atom stereocenters. The van der Waals surface area contributed by atoms with E-state index in [9.17, 15) is 29.1 Å². The molecule has 2 aliphatic rings. The van der Waals surface area contributed by atoms with Crippen LogP contribution in [-0.4, -0.2) is 94.3 Å². The van der Waals surface area contributed by atoms with Crippen molar-refractivity contribution in [1.29, 1.82) is 0 Å². The van der Waals surface area contributed by atoms with E-state index < -0.39 is 47.5 Å². The van der Waals surface area contributed by atoms with Crippen LogP contribution in [0.2, 0.25) is 0 Å². The maximum absolute atomic E-state index is 13.8. The summed E-state index contributed by atoms with van der Waals surface area (Å²) < 4.78 is 10.4. The van der Waals surface area contributed by atoms with Gasteiger partial charge in [0.05, 0.1) is 12.9 Å². The van der Waals surface area contributed by atoms with E-state index in [1.54, 1.807) is 24.3 Å². The van der Waals surface area contributed by atoms with Crippen LogP contribution >= 0.6 is 18.6 Å². The van der Waals surface area contributed by atoms with Gasteiger partial charge in [0, 0.05) is 0 Å². The fourth-order valence-corrected chi connectivity index (χ4v) is 12.2. The van der Waals surface area contributed by atoms with Crippen molar-refractivity contribution in [3.05, 3.63) is 30.3 Å². The van der Waals surface area contributed by atoms with Crippen LogP contribution < -0.4 is 10.1 Å². The van der Waals surface area contributed by atoms with E-state index in [1.165, 1.54) is 12.0 Å². The highest BCUT2D eigenvalue weighted by molar-refractivity contribution is 8.00. The summed E-state index contributed by atoms with van der Waals surface area (Å²) >= 11 is 1.10. The van der Waals surface area contributed by atoms with Crippen LogP contribution in [0.3, 0.4) is 0 Å². The van der Waals surface area contributed by atoms with Crippen molar-refractivity contribution in [2.24, 2.45) is 5.41 Å². The van der Waals surface area contributed by atoms with Gasteiger partial charge in [-0.3, -0.25) is 24.1 Å². The van der Waals surface area contributed by atoms with E-state index in [2.05, 4.69) is 26.1 Å². The number of thioether (sulfide) groups is 1. The van der Waals surface area contributed by atoms with Crippen LogP contribution in [0.25, 0.3) is 0 Å². The number of hydrogen-bond donors (Lipinski definition) is 2. The molecule has 1 saturated heterocycles. The molecule has 0 aromatic heterocycles. The highest BCUT2D eigenvalue weighted by Crippen LogP contribution is 2.54. The number of ketones is 1. The first-order chi connectivity index (χ1) is 21.1. The van der Waals surface area contributed by atoms with Crippen LogP contribution in [0, 0.1) is 5.41 Å². The average molecular weight is 651 g/mol. The molecule has 2 N–H and O–H groups in total. The maximum Gasteiger partial charge on any atom is 0.352 e. The van der Waals surface area contributed by atoms with Crippen molar-refractivity contribution < 1.29 is 38.6 Å². The van der Waals surface area contributed by atoms with Crippen LogP contribution in [0.5, 0.6) is 5.75 Å². The monoisotopic (exact) mass is 650 g/mol. The Bertz CT molecular complexity index is 1220. The lowest BCUT2D eigenvalue weighted by Gasteiger charge is -2.49. The van der Waals surface area contributed by atoms with Crippen molar-refractivity contribution in [2.45, 2.75) is 83.6 Å². The van der Waals surface area contributed by atoms with Gasteiger partial charge in [0.15, 0.2) is 12.4 Å². The minimum atomic E-state index is -2.30. The zero-order chi connectivity index (χ0) is 32.3. The predicted molar refractivity (Wildman–Crippen MR) is 175 cm³/mol. The Kier molecular flexibility index (Phi) is 13.4. The van der Waals surface area contributed by atoms with Crippen molar-refractivity contribution in [3.8, 4) is 5.75 Å². The number of β-lactam (4-membered cyclic amide) rings is 1. The number of esters is 1. The molecule has 0 radical (unpaired) electrons. The summed E-state index contributed by atoms with van der Waals surface area (Å²) in [5.74, 6) is -2.65. The number of ether oxygens (including phenoxy) is 2. The molecule has 1 aromatic carbocycles. The van der Waals surface area contributed by atoms with Crippen LogP contribution in [0.1, 0.15) is 72.1 Å². The average Bonchev–Trinajstić information content (AvgIpc) is 3.85. The lowest BCUT2D eigenvalue weighted by molar-refractivity contribution is -0.150. The number of carboxylic acid groups (broad SMARTS) is 1. The molecule has 3 rings (SSSR count). The molecular weight excluding hydrogens is 603 g/mol. The van der Waals surface area contributed by atoms with Gasteiger partial charge in [-0.15, -0.1) is 11.8 Å². The quantitative estimate of drug-likeness (QED) is 0.0897. The molecule has 0 unspecified atom stereocenters. The number of para-hydroxylation sites is 1. The molecular formula is C32H47N2O8PS. The van der Waals surface area contributed by atoms with Gasteiger partial charge in [-0.2, -0.15) is 0 Å². The number of amides is 2. The van der Waals surface area contributed by atoms with E-state index in [0.717, 1.165) is 68.8 Å². The van der Waals surface area contributed by atoms with Crippen molar-refractivity contribution >= 4 is 53.6 Å². The van der Waals surface area contributed by atoms with Gasteiger partial charge in [-0.05, 0) is 62.7 Å². The van der Waals surface area contributed by atoms with Crippen LogP contribution in [0.15, 0.2) is 30.3 Å². The Labute approximate surface area is 265 Å². The maximum atomic E-state index is 13.8. The lowest BCUT2D eigenvalue weighted by Crippen LogP contribution is -2.72. The molecule has 1 aliphatic carbocycles. The number of benzene rings is 1. The number of carbonyl (C=O) groups excluding carboxylic acids is 4. The highest BCUT2D eigenvalue weighted by atomic mass is 32.2. The largest absolute Gasteiger partial charge is 0.484 e. The molecule has 12 heteroatoms. The number of likely N-dealkylation sites (tertiary alicyclic amines) is 1. The molecule has 244 valence electrons. The number of Topliss-reactive ketones (excluding diaryl/α,β-unsaturated/α-hetero) is 1. The first-order valence-electron chi connectivity index (χ1n) is 15.6. The molecule has 0 spiro atoms. The third kappa shape index (κ3) is 8.27. The van der Waals surface area contributed by atoms with Gasteiger partial charge in [-0.1, -0.05) is 65.1 Å². The van der Waals surface area contributed by atoms with Gasteiger partial charge in [0.25, 0.3) is 11.8 Å². The van der Waals surface area contributed by atoms with Gasteiger partial charge in [-0.25, -0.2) is 4.79 Å². The lowest BCUT2D eigenvalue weighted by atomic mass is 10.0. The molecule has 1 heterocycles. The topological polar surface area (TPSA) is 139 Å². The van der Waals surface area contributed by atoms with Gasteiger partial charge >= 0.3 is 11.9 Å². The minimum Gasteiger partial charge on any atom is -0.484 e. The third-order valence-corrected chi connectivity index (χ3v) is 14.5. The molecule has 44 heavy (non-hydrogen) atoms. The second-order valence-corrected chi connectivity index (χ2v) is 16.7. The highest BCUT2D eigenvalue weighted by Gasteiger charge is 2.58. The SMILES string of the molecule is CCCCP(CCCC)(CCCC)=C(C(=O)O)N1C(=O)[C@@H](NC(=O)COc2ccccc2)[C@H]1SCC(=O)C1(C(=O)OC)CC1. The van der Waals surface area contributed by atoms with Gasteiger partial charge in [0.1, 0.15) is 28.0 Å². The zero-order valence-corrected chi connectivity index (χ0v) is 28.1. The van der Waals surface area contributed by atoms with E-state index in [1.807, 2.05) is 6.07 Å². The summed E-state index contributed by atoms with van der Waals surface area (Å²) in [4.78, 5) is 66.8. The Morgan fingerprint density at radius 3 is 2.05 bits per heavy atom. The van der Waals surface area contributed by atoms with E-state index in [-0.39, 0.29) is 23.6 Å². The number of methoxy groups -OCH3 is 1. The number of hydrogen-bond acceptors (Lipinski definition) is 8. The predicted octanol–water partition coefficient (Wildman–Crippen LogP) is 4.61. The van der Waals surface area contributed by atoms with Gasteiger partial charge < -0.3 is 19.9 Å². The number of carboxylic acids is 1. The van der Waals surface area contributed by atoms with Crippen molar-refractivity contribution in [3.63, 3.8) is 0 Å². The first kappa shape index (κ1) is 35.7. The second kappa shape index (κ2) is 16.5. The first-order valence-corrected chi connectivity index (χ1v) is 19.0. The summed E-state index contributed by atoms with van der Waals surface area (Å²) in [7, 11) is 1.25. The summed E-state index contributed by atoms with van der Waals surface area (Å²) in [6, 6.07) is 7.77. The zero-order valence-electron chi connectivity index (χ0n) is 26.3. The Morgan fingerprint density at radius 2 is 1.57 bits per heavy atom. The van der Waals surface area contributed by atoms with E-state index in [4.69, 9.17) is 9.47 Å². The molecule has 1 aromatic rings. The standard InChI is InChI=1S/C32H47N2O8PS/c1-5-8-18-43(19-9-6-2,20-10-7-3)28(30(38)39)34-27(37)26(33-25(36)21-42-23-14-12-11-13-15-23)29(34)44-22-24(35)32(16-17-32)31(40)41-4/h11-15,26,29H,5-10,16-22H2,1-4H3,(H,33,36)(H,38,39)/t26-,29-/m1/s1. The molecule has 1 aliphatic heterocycles. The van der Waals surface area contributed by atoms with E-state index >= 15 is 0 Å². The Balaban J connectivity index is 1.97. The normalized spacial score (nSPS) is 18.6. The number of aliphatic carboxylic acids is 1. The smallest absolute Gasteiger partial charge is 0.352 e. The van der Waals surface area contributed by atoms with Crippen LogP contribution in [0.4, 0.5) is 0 Å². The number of unbranched alkanes of at least 4 members (excludes halogenated alkanes) is 3. The number of nitrogens with one attached hydrogen (secondary N) is 1. The summed E-state index contributed by atoms with van der Waals surface area (Å²) in [6.07, 6.45) is 8.29. The summed E-state index contributed by atoms with van der Waals surface area (Å²) in [5.41, 5.74) is -1.02. The number of rotatable bonds is 20. The summed E-state index contributed by atoms with van der Waals surface area (Å²) in [5, 5.41) is 12.7. The fraction of sp³-hybridized carbons (Fsp3) is 0.625. The Hall–Kier alpha value is -2.78.